The Hall–Kier alpha value is 0.493. The maximum absolute atomic E-state index is 9.89. The van der Waals surface area contributed by atoms with Crippen molar-refractivity contribution in [2.45, 2.75) is 6.42 Å². The second-order valence-corrected chi connectivity index (χ2v) is 3.00. The molecule has 0 bridgehead atoms. The molecule has 4 nitrogen and oxygen atoms in total. The molecule has 0 saturated carbocycles. The average molecular weight is 205 g/mol. The van der Waals surface area contributed by atoms with Crippen LogP contribution < -0.4 is 5.73 Å². The molecule has 0 aliphatic heterocycles. The van der Waals surface area contributed by atoms with Crippen molar-refractivity contribution in [3.05, 3.63) is 0 Å². The second-order valence-electron chi connectivity index (χ2n) is 1.43. The standard InChI is InChI=1S/C3H9NO3S.Zn/c4-2-1-3-8(5,6)7;/h1-4H2,(H,5,6,7);. The van der Waals surface area contributed by atoms with Crippen LogP contribution in [-0.2, 0) is 29.6 Å². The first-order valence-corrected chi connectivity index (χ1v) is 3.82. The van der Waals surface area contributed by atoms with Crippen molar-refractivity contribution in [1.82, 2.24) is 0 Å². The minimum atomic E-state index is -3.77. The fourth-order valence-corrected chi connectivity index (χ4v) is 0.797. The summed E-state index contributed by atoms with van der Waals surface area (Å²) < 4.78 is 27.8. The summed E-state index contributed by atoms with van der Waals surface area (Å²) in [6.45, 7) is 0.291. The Morgan fingerprint density at radius 1 is 1.44 bits per heavy atom. The summed E-state index contributed by atoms with van der Waals surface area (Å²) in [5.41, 5.74) is 4.96. The van der Waals surface area contributed by atoms with Gasteiger partial charge in [0.2, 0.25) is 0 Å². The molecule has 0 aliphatic carbocycles. The van der Waals surface area contributed by atoms with Gasteiger partial charge in [0.05, 0.1) is 5.75 Å². The van der Waals surface area contributed by atoms with Crippen molar-refractivity contribution >= 4 is 10.1 Å². The van der Waals surface area contributed by atoms with Gasteiger partial charge in [-0.15, -0.1) is 0 Å². The molecule has 0 aromatic heterocycles. The molecule has 0 aromatic carbocycles. The molecule has 0 aromatic rings. The zero-order valence-electron chi connectivity index (χ0n) is 5.08. The number of rotatable bonds is 3. The van der Waals surface area contributed by atoms with Crippen LogP contribution in [0.4, 0.5) is 0 Å². The fourth-order valence-electron chi connectivity index (χ4n) is 0.266. The van der Waals surface area contributed by atoms with Crippen molar-refractivity contribution in [1.29, 1.82) is 0 Å². The summed E-state index contributed by atoms with van der Waals surface area (Å²) in [6.07, 6.45) is 0.318. The molecular formula is C3H9NO3SZn. The first-order chi connectivity index (χ1) is 3.56. The van der Waals surface area contributed by atoms with Gasteiger partial charge in [-0.05, 0) is 13.0 Å². The van der Waals surface area contributed by atoms with Crippen LogP contribution in [0.2, 0.25) is 0 Å². The van der Waals surface area contributed by atoms with Crippen LogP contribution in [0.1, 0.15) is 6.42 Å². The number of hydrogen-bond donors (Lipinski definition) is 2. The third-order valence-corrected chi connectivity index (χ3v) is 1.41. The Morgan fingerprint density at radius 3 is 2.00 bits per heavy atom. The predicted octanol–water partition coefficient (Wildman–Crippen LogP) is -0.779. The van der Waals surface area contributed by atoms with Crippen molar-refractivity contribution in [2.75, 3.05) is 12.3 Å². The maximum atomic E-state index is 9.89. The SMILES string of the molecule is NCCCS(=O)(=O)O.[Zn]. The van der Waals surface area contributed by atoms with Crippen molar-refractivity contribution < 1.29 is 32.4 Å². The molecule has 0 atom stereocenters. The zero-order chi connectivity index (χ0) is 6.62. The van der Waals surface area contributed by atoms with Gasteiger partial charge in [0.25, 0.3) is 10.1 Å². The van der Waals surface area contributed by atoms with E-state index < -0.39 is 10.1 Å². The second kappa shape index (κ2) is 5.29. The molecule has 0 amide bonds. The van der Waals surface area contributed by atoms with E-state index in [2.05, 4.69) is 0 Å². The number of hydrogen-bond acceptors (Lipinski definition) is 3. The molecule has 0 radical (unpaired) electrons. The van der Waals surface area contributed by atoms with Gasteiger partial charge < -0.3 is 5.73 Å². The molecule has 0 fully saturated rings. The topological polar surface area (TPSA) is 80.4 Å². The van der Waals surface area contributed by atoms with E-state index in [0.717, 1.165) is 0 Å². The molecule has 0 unspecified atom stereocenters. The Kier molecular flexibility index (Phi) is 7.17. The normalized spacial score (nSPS) is 10.4. The number of nitrogens with two attached hydrogens (primary N) is 1. The van der Waals surface area contributed by atoms with E-state index in [4.69, 9.17) is 10.3 Å². The summed E-state index contributed by atoms with van der Waals surface area (Å²) in [5.74, 6) is -0.233. The van der Waals surface area contributed by atoms with Crippen LogP contribution in [0.3, 0.4) is 0 Å². The molecule has 0 aliphatic rings. The molecule has 6 heteroatoms. The van der Waals surface area contributed by atoms with Gasteiger partial charge in [-0.3, -0.25) is 4.55 Å². The van der Waals surface area contributed by atoms with Crippen LogP contribution in [0, 0.1) is 0 Å². The summed E-state index contributed by atoms with van der Waals surface area (Å²) in [7, 11) is -3.77. The van der Waals surface area contributed by atoms with E-state index in [9.17, 15) is 8.42 Å². The minimum Gasteiger partial charge on any atom is -0.330 e. The van der Waals surface area contributed by atoms with E-state index in [-0.39, 0.29) is 25.2 Å². The van der Waals surface area contributed by atoms with E-state index in [1.807, 2.05) is 0 Å². The van der Waals surface area contributed by atoms with Gasteiger partial charge in [-0.2, -0.15) is 8.42 Å². The Bertz CT molecular complexity index is 143. The van der Waals surface area contributed by atoms with Crippen LogP contribution in [0.5, 0.6) is 0 Å². The quantitative estimate of drug-likeness (QED) is 0.467. The van der Waals surface area contributed by atoms with Gasteiger partial charge in [0, 0.05) is 19.5 Å². The van der Waals surface area contributed by atoms with Crippen LogP contribution in [0.25, 0.3) is 0 Å². The van der Waals surface area contributed by atoms with E-state index in [1.165, 1.54) is 0 Å². The summed E-state index contributed by atoms with van der Waals surface area (Å²) in [4.78, 5) is 0. The van der Waals surface area contributed by atoms with Crippen molar-refractivity contribution in [3.8, 4) is 0 Å². The van der Waals surface area contributed by atoms with E-state index in [1.54, 1.807) is 0 Å². The van der Waals surface area contributed by atoms with E-state index >= 15 is 0 Å². The van der Waals surface area contributed by atoms with Gasteiger partial charge in [-0.1, -0.05) is 0 Å². The predicted molar refractivity (Wildman–Crippen MR) is 30.1 cm³/mol. The molecule has 52 valence electrons. The summed E-state index contributed by atoms with van der Waals surface area (Å²) >= 11 is 0. The van der Waals surface area contributed by atoms with Gasteiger partial charge >= 0.3 is 0 Å². The summed E-state index contributed by atoms with van der Waals surface area (Å²) in [5, 5.41) is 0. The summed E-state index contributed by atoms with van der Waals surface area (Å²) in [6, 6.07) is 0. The molecule has 0 rings (SSSR count). The van der Waals surface area contributed by atoms with Crippen LogP contribution in [0.15, 0.2) is 0 Å². The van der Waals surface area contributed by atoms with Crippen LogP contribution in [-0.4, -0.2) is 25.3 Å². The monoisotopic (exact) mass is 203 g/mol. The van der Waals surface area contributed by atoms with Gasteiger partial charge in [0.15, 0.2) is 0 Å². The fraction of sp³-hybridized carbons (Fsp3) is 1.00. The molecule has 3 N–H and O–H groups in total. The Morgan fingerprint density at radius 2 is 1.89 bits per heavy atom. The Balaban J connectivity index is 0. The molecule has 0 saturated heterocycles. The van der Waals surface area contributed by atoms with Crippen molar-refractivity contribution in [3.63, 3.8) is 0 Å². The molecule has 9 heavy (non-hydrogen) atoms. The largest absolute Gasteiger partial charge is 0.330 e. The Labute approximate surface area is 67.3 Å². The molecule has 0 spiro atoms. The van der Waals surface area contributed by atoms with Gasteiger partial charge in [0.1, 0.15) is 0 Å². The first-order valence-electron chi connectivity index (χ1n) is 2.21. The average Bonchev–Trinajstić information content (AvgIpc) is 1.59. The smallest absolute Gasteiger partial charge is 0.264 e. The third-order valence-electron chi connectivity index (χ3n) is 0.606. The zero-order valence-corrected chi connectivity index (χ0v) is 8.86. The van der Waals surface area contributed by atoms with E-state index in [0.29, 0.717) is 13.0 Å². The minimum absolute atomic E-state index is 0. The first kappa shape index (κ1) is 12.2. The third kappa shape index (κ3) is 11.9. The molecular weight excluding hydrogens is 195 g/mol. The molecule has 0 heterocycles. The van der Waals surface area contributed by atoms with Gasteiger partial charge in [-0.25, -0.2) is 0 Å². The van der Waals surface area contributed by atoms with Crippen molar-refractivity contribution in [2.24, 2.45) is 5.73 Å². The maximum Gasteiger partial charge on any atom is 0.264 e. The van der Waals surface area contributed by atoms with Crippen LogP contribution >= 0.6 is 0 Å².